The Hall–Kier alpha value is -9.68. The van der Waals surface area contributed by atoms with E-state index < -0.39 is 137 Å². The van der Waals surface area contributed by atoms with Gasteiger partial charge in [0.2, 0.25) is 59.1 Å². The summed E-state index contributed by atoms with van der Waals surface area (Å²) < 4.78 is 0. The lowest BCUT2D eigenvalue weighted by atomic mass is 10.00. The molecule has 0 unspecified atom stereocenters. The van der Waals surface area contributed by atoms with Gasteiger partial charge in [-0.05, 0) is 186 Å². The lowest BCUT2D eigenvalue weighted by molar-refractivity contribution is -0.142. The minimum atomic E-state index is -1.44. The number of nitrogens with one attached hydrogen (secondary N) is 9. The molecule has 0 spiro atoms. The van der Waals surface area contributed by atoms with Crippen molar-refractivity contribution in [1.29, 1.82) is 0 Å². The average molecular weight is 1510 g/mol. The number of nitrogens with two attached hydrogens (primary N) is 15. The van der Waals surface area contributed by atoms with Crippen molar-refractivity contribution in [1.82, 2.24) is 52.8 Å². The SMILES string of the molecule is CC(C)[C@H](NC(=O)[C@H](CCCCN)NC(=O)[C@H](CCCN=C(N)N)NC(=O)[C@H](CCCCN)NC(=O)[C@H](CCCCN)NC(=O)[C@H](CCCCN)NC(=O)[C@@H]1CCCN1C(=O)[C@H](CCCN=C(N)N)NC(=O)[C@@H](N)CCCN=C(N)N)C(=O)N[C@@H](CCCN=C(N)N)C(=O)N[C@@H](CCCN=C(N)N)C(=O)O. The van der Waals surface area contributed by atoms with Crippen LogP contribution in [0.1, 0.15) is 168 Å². The highest BCUT2D eigenvalue weighted by molar-refractivity contribution is 5.99. The van der Waals surface area contributed by atoms with Crippen molar-refractivity contribution >= 4 is 94.8 Å². The molecule has 11 atom stereocenters. The molecule has 0 aliphatic carbocycles. The number of rotatable bonds is 57. The first kappa shape index (κ1) is 94.3. The van der Waals surface area contributed by atoms with Gasteiger partial charge in [-0.3, -0.25) is 72.9 Å². The summed E-state index contributed by atoms with van der Waals surface area (Å²) in [5.41, 5.74) is 84.7. The molecule has 42 heteroatoms. The normalized spacial score (nSPS) is 15.3. The molecule has 0 bridgehead atoms. The van der Waals surface area contributed by atoms with Gasteiger partial charge < -0.3 is 144 Å². The van der Waals surface area contributed by atoms with Gasteiger partial charge in [0, 0.05) is 39.3 Å². The Morgan fingerprint density at radius 1 is 0.358 bits per heavy atom. The van der Waals surface area contributed by atoms with Crippen LogP contribution in [0.4, 0.5) is 0 Å². The van der Waals surface area contributed by atoms with E-state index in [4.69, 9.17) is 86.0 Å². The van der Waals surface area contributed by atoms with E-state index in [1.807, 2.05) is 0 Å². The summed E-state index contributed by atoms with van der Waals surface area (Å²) in [6.45, 7) is 4.65. The number of aliphatic carboxylic acids is 1. The van der Waals surface area contributed by atoms with Gasteiger partial charge in [0.25, 0.3) is 0 Å². The predicted octanol–water partition coefficient (Wildman–Crippen LogP) is -8.81. The van der Waals surface area contributed by atoms with Gasteiger partial charge in [-0.2, -0.15) is 0 Å². The third-order valence-corrected chi connectivity index (χ3v) is 17.0. The van der Waals surface area contributed by atoms with Gasteiger partial charge in [0.15, 0.2) is 29.8 Å². The van der Waals surface area contributed by atoms with E-state index in [-0.39, 0.29) is 192 Å². The van der Waals surface area contributed by atoms with Crippen LogP contribution in [-0.4, -0.2) is 237 Å². The molecular weight excluding hydrogens is 1380 g/mol. The minimum absolute atomic E-state index is 0.00668. The molecule has 604 valence electrons. The first-order chi connectivity index (χ1) is 50.3. The molecule has 1 saturated heterocycles. The summed E-state index contributed by atoms with van der Waals surface area (Å²) in [4.78, 5) is 177. The van der Waals surface area contributed by atoms with Crippen LogP contribution in [0, 0.1) is 5.92 Å². The zero-order valence-corrected chi connectivity index (χ0v) is 61.8. The molecule has 0 saturated carbocycles. The first-order valence-corrected chi connectivity index (χ1v) is 36.4. The number of unbranched alkanes of at least 4 members (excludes halogenated alkanes) is 4. The smallest absolute Gasteiger partial charge is 0.326 e. The third kappa shape index (κ3) is 40.0. The van der Waals surface area contributed by atoms with Crippen LogP contribution < -0.4 is 134 Å². The van der Waals surface area contributed by atoms with Crippen LogP contribution in [-0.2, 0) is 52.7 Å². The monoisotopic (exact) mass is 1510 g/mol. The fraction of sp³-hybridized carbons (Fsp3) is 0.750. The maximum absolute atomic E-state index is 14.8. The maximum atomic E-state index is 14.8. The number of nitrogens with zero attached hydrogens (tertiary/aromatic N) is 6. The van der Waals surface area contributed by atoms with Crippen LogP contribution in [0.2, 0.25) is 0 Å². The number of hydrogen-bond donors (Lipinski definition) is 25. The number of hydrogen-bond acceptors (Lipinski definition) is 21. The second kappa shape index (κ2) is 54.0. The number of aliphatic imine (C=N–C) groups is 5. The highest BCUT2D eigenvalue weighted by Crippen LogP contribution is 2.22. The Labute approximate surface area is 620 Å². The van der Waals surface area contributed by atoms with Crippen LogP contribution in [0.5, 0.6) is 0 Å². The second-order valence-electron chi connectivity index (χ2n) is 26.2. The van der Waals surface area contributed by atoms with E-state index >= 15 is 0 Å². The Morgan fingerprint density at radius 3 is 0.953 bits per heavy atom. The van der Waals surface area contributed by atoms with Gasteiger partial charge in [0.05, 0.1) is 6.04 Å². The number of carboxylic acids is 1. The van der Waals surface area contributed by atoms with E-state index in [1.165, 1.54) is 4.90 Å². The fourth-order valence-corrected chi connectivity index (χ4v) is 11.2. The van der Waals surface area contributed by atoms with E-state index in [1.54, 1.807) is 13.8 Å². The summed E-state index contributed by atoms with van der Waals surface area (Å²) in [5.74, 6) is -10.8. The minimum Gasteiger partial charge on any atom is -0.480 e. The number of amides is 10. The summed E-state index contributed by atoms with van der Waals surface area (Å²) >= 11 is 0. The van der Waals surface area contributed by atoms with E-state index in [9.17, 15) is 57.8 Å². The lowest BCUT2D eigenvalue weighted by Crippen LogP contribution is -2.61. The Kier molecular flexibility index (Phi) is 48.1. The van der Waals surface area contributed by atoms with Crippen molar-refractivity contribution in [2.45, 2.75) is 234 Å². The molecule has 0 aromatic rings. The molecule has 0 aromatic carbocycles. The highest BCUT2D eigenvalue weighted by atomic mass is 16.4. The maximum Gasteiger partial charge on any atom is 0.326 e. The summed E-state index contributed by atoms with van der Waals surface area (Å²) in [5, 5.41) is 34.3. The van der Waals surface area contributed by atoms with Crippen molar-refractivity contribution in [3.8, 4) is 0 Å². The molecule has 1 rings (SSSR count). The number of guanidine groups is 5. The summed E-state index contributed by atoms with van der Waals surface area (Å²) in [6.07, 6.45) is 4.44. The zero-order valence-electron chi connectivity index (χ0n) is 61.8. The number of carbonyl (C=O) groups excluding carboxylic acids is 10. The molecule has 1 aliphatic heterocycles. The topological polar surface area (TPSA) is 772 Å². The second-order valence-corrected chi connectivity index (χ2v) is 26.2. The number of carboxylic acid groups (broad SMARTS) is 1. The van der Waals surface area contributed by atoms with Crippen molar-refractivity contribution < 1.29 is 57.8 Å². The highest BCUT2D eigenvalue weighted by Gasteiger charge is 2.41. The van der Waals surface area contributed by atoms with Gasteiger partial charge in [-0.1, -0.05) is 13.8 Å². The Morgan fingerprint density at radius 2 is 0.632 bits per heavy atom. The standard InChI is InChI=1S/C64H126N30O12/c1-37(2)48(57(103)90-44(23-13-33-82-62(74)75)54(100)92-46(59(105)106)25-15-35-84-64(78)79)93-55(101)42(21-6-10-30-68)87-53(99)43(22-12-32-81-61(72)73)88-51(97)40(19-4-8-28-66)85-50(96)39(18-3-7-27-65)86-52(98)41(20-5-9-29-67)89-56(102)47-26-16-36-94(47)58(104)45(24-14-34-83-63(76)77)91-49(95)38(69)17-11-31-80-60(70)71/h37-48H,3-36,65-69H2,1-2H3,(H,85,96)(H,86,98)(H,87,99)(H,88,97)(H,89,102)(H,90,103)(H,91,95)(H,92,100)(H,93,101)(H,105,106)(H4,70,71,80)(H4,72,73,81)(H4,74,75,82)(H4,76,77,83)(H4,78,79,84)/t38-,39-,40-,41-,42-,43-,44-,45-,46-,47-,48-/m0/s1. The van der Waals surface area contributed by atoms with Crippen molar-refractivity contribution in [2.24, 2.45) is 117 Å². The quantitative estimate of drug-likeness (QED) is 0.0153. The molecule has 40 N–H and O–H groups in total. The van der Waals surface area contributed by atoms with Gasteiger partial charge in [-0.25, -0.2) is 4.79 Å². The molecule has 1 aliphatic rings. The molecule has 42 nitrogen and oxygen atoms in total. The van der Waals surface area contributed by atoms with Gasteiger partial charge in [0.1, 0.15) is 60.4 Å². The van der Waals surface area contributed by atoms with E-state index in [2.05, 4.69) is 72.8 Å². The zero-order chi connectivity index (χ0) is 79.7. The first-order valence-electron chi connectivity index (χ1n) is 36.4. The number of likely N-dealkylation sites (tertiary alicyclic amines) is 1. The van der Waals surface area contributed by atoms with Crippen LogP contribution in [0.25, 0.3) is 0 Å². The molecule has 10 amide bonds. The predicted molar refractivity (Wildman–Crippen MR) is 404 cm³/mol. The Balaban J connectivity index is 3.74. The Bertz CT molecular complexity index is 2880. The van der Waals surface area contributed by atoms with Crippen LogP contribution in [0.15, 0.2) is 25.0 Å². The third-order valence-electron chi connectivity index (χ3n) is 17.0. The molecule has 1 fully saturated rings. The molecular formula is C64H126N30O12. The summed E-state index contributed by atoms with van der Waals surface area (Å²) in [6, 6.07) is -14.3. The van der Waals surface area contributed by atoms with E-state index in [0.717, 1.165) is 0 Å². The average Bonchev–Trinajstić information content (AvgIpc) is 1.65. The molecule has 0 radical (unpaired) electrons. The van der Waals surface area contributed by atoms with Gasteiger partial charge >= 0.3 is 5.97 Å². The van der Waals surface area contributed by atoms with Crippen LogP contribution >= 0.6 is 0 Å². The fourth-order valence-electron chi connectivity index (χ4n) is 11.2. The largest absolute Gasteiger partial charge is 0.480 e. The number of carbonyl (C=O) groups is 11. The van der Waals surface area contributed by atoms with Crippen molar-refractivity contribution in [3.63, 3.8) is 0 Å². The lowest BCUT2D eigenvalue weighted by Gasteiger charge is -2.31. The summed E-state index contributed by atoms with van der Waals surface area (Å²) in [7, 11) is 0. The van der Waals surface area contributed by atoms with Gasteiger partial charge in [-0.15, -0.1) is 0 Å². The molecule has 0 aromatic heterocycles. The molecule has 106 heavy (non-hydrogen) atoms. The van der Waals surface area contributed by atoms with Crippen molar-refractivity contribution in [2.75, 3.05) is 65.4 Å². The van der Waals surface area contributed by atoms with E-state index in [0.29, 0.717) is 57.8 Å². The van der Waals surface area contributed by atoms with Crippen LogP contribution in [0.3, 0.4) is 0 Å². The van der Waals surface area contributed by atoms with Crippen molar-refractivity contribution in [3.05, 3.63) is 0 Å². The molecule has 1 heterocycles.